The van der Waals surface area contributed by atoms with Crippen LogP contribution in [0.3, 0.4) is 0 Å². The number of carboxylic acids is 1. The number of benzene rings is 1. The van der Waals surface area contributed by atoms with Gasteiger partial charge in [0.25, 0.3) is 0 Å². The van der Waals surface area contributed by atoms with Gasteiger partial charge in [-0.3, -0.25) is 4.79 Å². The quantitative estimate of drug-likeness (QED) is 0.889. The van der Waals surface area contributed by atoms with Crippen LogP contribution < -0.4 is 10.1 Å². The SMILES string of the molecule is Cl.Cl.O=C(O)C1CC(Oc2ncnc3ccccc23)CN1. The summed E-state index contributed by atoms with van der Waals surface area (Å²) in [5.74, 6) is -0.345. The Kier molecular flexibility index (Phi) is 6.14. The zero-order valence-electron chi connectivity index (χ0n) is 10.9. The minimum Gasteiger partial charge on any atom is -0.480 e. The first-order valence-corrected chi connectivity index (χ1v) is 6.06. The highest BCUT2D eigenvalue weighted by molar-refractivity contribution is 5.85. The van der Waals surface area contributed by atoms with Crippen molar-refractivity contribution in [2.45, 2.75) is 18.6 Å². The molecular formula is C13H15Cl2N3O3. The highest BCUT2D eigenvalue weighted by Crippen LogP contribution is 2.23. The van der Waals surface area contributed by atoms with E-state index >= 15 is 0 Å². The molecule has 1 aromatic heterocycles. The molecule has 114 valence electrons. The average Bonchev–Trinajstić information content (AvgIpc) is 2.88. The van der Waals surface area contributed by atoms with Gasteiger partial charge in [-0.1, -0.05) is 12.1 Å². The number of nitrogens with one attached hydrogen (secondary N) is 1. The van der Waals surface area contributed by atoms with Gasteiger partial charge in [-0.15, -0.1) is 24.8 Å². The van der Waals surface area contributed by atoms with Crippen molar-refractivity contribution >= 4 is 41.7 Å². The molecule has 8 heteroatoms. The normalized spacial score (nSPS) is 20.4. The van der Waals surface area contributed by atoms with E-state index in [4.69, 9.17) is 9.84 Å². The largest absolute Gasteiger partial charge is 0.480 e. The Balaban J connectivity index is 0.00000110. The van der Waals surface area contributed by atoms with Gasteiger partial charge in [0.15, 0.2) is 0 Å². The summed E-state index contributed by atoms with van der Waals surface area (Å²) < 4.78 is 5.79. The molecule has 2 atom stereocenters. The van der Waals surface area contributed by atoms with Crippen molar-refractivity contribution in [1.82, 2.24) is 15.3 Å². The van der Waals surface area contributed by atoms with Gasteiger partial charge in [-0.2, -0.15) is 0 Å². The van der Waals surface area contributed by atoms with Gasteiger partial charge in [0, 0.05) is 13.0 Å². The third-order valence-corrected chi connectivity index (χ3v) is 3.17. The van der Waals surface area contributed by atoms with Crippen LogP contribution in [-0.4, -0.2) is 39.7 Å². The predicted octanol–water partition coefficient (Wildman–Crippen LogP) is 1.67. The van der Waals surface area contributed by atoms with E-state index in [-0.39, 0.29) is 30.9 Å². The Morgan fingerprint density at radius 3 is 2.76 bits per heavy atom. The highest BCUT2D eigenvalue weighted by Gasteiger charge is 2.30. The maximum absolute atomic E-state index is 10.9. The Bertz CT molecular complexity index is 621. The Hall–Kier alpha value is -1.63. The highest BCUT2D eigenvalue weighted by atomic mass is 35.5. The number of hydrogen-bond donors (Lipinski definition) is 2. The summed E-state index contributed by atoms with van der Waals surface area (Å²) in [5.41, 5.74) is 0.813. The zero-order valence-corrected chi connectivity index (χ0v) is 12.6. The smallest absolute Gasteiger partial charge is 0.320 e. The van der Waals surface area contributed by atoms with Crippen molar-refractivity contribution in [2.75, 3.05) is 6.54 Å². The lowest BCUT2D eigenvalue weighted by Crippen LogP contribution is -2.30. The second-order valence-corrected chi connectivity index (χ2v) is 4.47. The fraction of sp³-hybridized carbons (Fsp3) is 0.308. The number of para-hydroxylation sites is 1. The zero-order chi connectivity index (χ0) is 13.2. The van der Waals surface area contributed by atoms with E-state index in [0.29, 0.717) is 18.8 Å². The number of rotatable bonds is 3. The molecule has 2 heterocycles. The summed E-state index contributed by atoms with van der Waals surface area (Å²) in [6.45, 7) is 0.509. The molecule has 1 aliphatic heterocycles. The van der Waals surface area contributed by atoms with E-state index in [0.717, 1.165) is 10.9 Å². The van der Waals surface area contributed by atoms with E-state index < -0.39 is 12.0 Å². The van der Waals surface area contributed by atoms with E-state index in [1.807, 2.05) is 24.3 Å². The first-order chi connectivity index (χ1) is 9.24. The molecule has 0 aliphatic carbocycles. The van der Waals surface area contributed by atoms with Crippen molar-refractivity contribution in [3.63, 3.8) is 0 Å². The molecule has 0 bridgehead atoms. The fourth-order valence-corrected chi connectivity index (χ4v) is 2.21. The van der Waals surface area contributed by atoms with E-state index in [2.05, 4.69) is 15.3 Å². The topological polar surface area (TPSA) is 84.3 Å². The molecule has 1 fully saturated rings. The molecule has 1 saturated heterocycles. The van der Waals surface area contributed by atoms with Crippen molar-refractivity contribution in [2.24, 2.45) is 0 Å². The van der Waals surface area contributed by atoms with Crippen LogP contribution in [0.1, 0.15) is 6.42 Å². The van der Waals surface area contributed by atoms with Crippen molar-refractivity contribution in [1.29, 1.82) is 0 Å². The molecular weight excluding hydrogens is 317 g/mol. The fourth-order valence-electron chi connectivity index (χ4n) is 2.21. The molecule has 21 heavy (non-hydrogen) atoms. The number of carbonyl (C=O) groups is 1. The molecule has 0 spiro atoms. The number of carboxylic acid groups (broad SMARTS) is 1. The number of fused-ring (bicyclic) bond motifs is 1. The lowest BCUT2D eigenvalue weighted by molar-refractivity contribution is -0.139. The second-order valence-electron chi connectivity index (χ2n) is 4.47. The molecule has 2 N–H and O–H groups in total. The Labute approximate surface area is 133 Å². The number of aliphatic carboxylic acids is 1. The van der Waals surface area contributed by atoms with Crippen LogP contribution in [-0.2, 0) is 4.79 Å². The van der Waals surface area contributed by atoms with Crippen LogP contribution in [0.15, 0.2) is 30.6 Å². The minimum absolute atomic E-state index is 0. The first-order valence-electron chi connectivity index (χ1n) is 6.06. The Morgan fingerprint density at radius 1 is 1.29 bits per heavy atom. The van der Waals surface area contributed by atoms with Crippen molar-refractivity contribution in [3.05, 3.63) is 30.6 Å². The third kappa shape index (κ3) is 3.72. The monoisotopic (exact) mass is 331 g/mol. The summed E-state index contributed by atoms with van der Waals surface area (Å²) in [6, 6.07) is 7.03. The molecule has 6 nitrogen and oxygen atoms in total. The molecule has 3 rings (SSSR count). The maximum atomic E-state index is 10.9. The van der Waals surface area contributed by atoms with Crippen LogP contribution in [0.5, 0.6) is 5.88 Å². The van der Waals surface area contributed by atoms with Crippen LogP contribution in [0.4, 0.5) is 0 Å². The van der Waals surface area contributed by atoms with Gasteiger partial charge >= 0.3 is 5.97 Å². The first kappa shape index (κ1) is 17.4. The van der Waals surface area contributed by atoms with Gasteiger partial charge in [0.2, 0.25) is 5.88 Å². The average molecular weight is 332 g/mol. The number of hydrogen-bond acceptors (Lipinski definition) is 5. The molecule has 2 unspecified atom stereocenters. The molecule has 0 saturated carbocycles. The standard InChI is InChI=1S/C13H13N3O3.2ClH/c17-13(18)11-5-8(6-14-11)19-12-9-3-1-2-4-10(9)15-7-16-12;;/h1-4,7-8,11,14H,5-6H2,(H,17,18);2*1H. The molecule has 2 aromatic rings. The van der Waals surface area contributed by atoms with Crippen molar-refractivity contribution < 1.29 is 14.6 Å². The number of nitrogens with zero attached hydrogens (tertiary/aromatic N) is 2. The summed E-state index contributed by atoms with van der Waals surface area (Å²) in [5, 5.41) is 12.7. The number of aromatic nitrogens is 2. The maximum Gasteiger partial charge on any atom is 0.320 e. The van der Waals surface area contributed by atoms with Gasteiger partial charge in [-0.25, -0.2) is 9.97 Å². The van der Waals surface area contributed by atoms with Gasteiger partial charge in [-0.05, 0) is 12.1 Å². The summed E-state index contributed by atoms with van der Waals surface area (Å²) in [4.78, 5) is 19.2. The summed E-state index contributed by atoms with van der Waals surface area (Å²) in [7, 11) is 0. The van der Waals surface area contributed by atoms with Gasteiger partial charge < -0.3 is 15.2 Å². The lowest BCUT2D eigenvalue weighted by atomic mass is 10.2. The van der Waals surface area contributed by atoms with Crippen LogP contribution in [0, 0.1) is 0 Å². The molecule has 0 radical (unpaired) electrons. The predicted molar refractivity (Wildman–Crippen MR) is 82.5 cm³/mol. The van der Waals surface area contributed by atoms with Gasteiger partial charge in [0.1, 0.15) is 18.5 Å². The second kappa shape index (κ2) is 7.40. The van der Waals surface area contributed by atoms with Crippen LogP contribution >= 0.6 is 24.8 Å². The van der Waals surface area contributed by atoms with E-state index in [1.54, 1.807) is 0 Å². The summed E-state index contributed by atoms with van der Waals surface area (Å²) in [6.07, 6.45) is 1.71. The lowest BCUT2D eigenvalue weighted by Gasteiger charge is -2.12. The van der Waals surface area contributed by atoms with E-state index in [9.17, 15) is 4.79 Å². The van der Waals surface area contributed by atoms with E-state index in [1.165, 1.54) is 6.33 Å². The molecule has 1 aromatic carbocycles. The third-order valence-electron chi connectivity index (χ3n) is 3.17. The number of ether oxygens (including phenoxy) is 1. The Morgan fingerprint density at radius 2 is 2.05 bits per heavy atom. The minimum atomic E-state index is -0.848. The van der Waals surface area contributed by atoms with Gasteiger partial charge in [0.05, 0.1) is 10.9 Å². The van der Waals surface area contributed by atoms with Crippen LogP contribution in [0.2, 0.25) is 0 Å². The van der Waals surface area contributed by atoms with Crippen LogP contribution in [0.25, 0.3) is 10.9 Å². The molecule has 0 amide bonds. The van der Waals surface area contributed by atoms with Crippen molar-refractivity contribution in [3.8, 4) is 5.88 Å². The summed E-state index contributed by atoms with van der Waals surface area (Å²) >= 11 is 0. The number of halogens is 2. The molecule has 1 aliphatic rings.